The molecule has 0 fully saturated rings. The Morgan fingerprint density at radius 1 is 0.390 bits per heavy atom. The van der Waals surface area contributed by atoms with E-state index < -0.39 is 0 Å². The van der Waals surface area contributed by atoms with Crippen molar-refractivity contribution >= 4 is 71.2 Å². The molecule has 0 atom stereocenters. The van der Waals surface area contributed by atoms with Crippen LogP contribution in [0.25, 0.3) is 82.1 Å². The van der Waals surface area contributed by atoms with E-state index in [9.17, 15) is 0 Å². The van der Waals surface area contributed by atoms with Crippen molar-refractivity contribution in [2.24, 2.45) is 0 Å². The third-order valence-corrected chi connectivity index (χ3v) is 12.9. The Kier molecular flexibility index (Phi) is 7.31. The Balaban J connectivity index is 1.24. The number of para-hydroxylation sites is 2. The molecule has 0 saturated heterocycles. The number of anilines is 3. The second-order valence-electron chi connectivity index (χ2n) is 16.5. The van der Waals surface area contributed by atoms with E-state index in [0.29, 0.717) is 0 Å². The second-order valence-corrected chi connectivity index (χ2v) is 16.5. The molecule has 0 aliphatic heterocycles. The molecule has 59 heavy (non-hydrogen) atoms. The molecule has 2 nitrogen and oxygen atoms in total. The fourth-order valence-electron chi connectivity index (χ4n) is 10.3. The van der Waals surface area contributed by atoms with Crippen LogP contribution in [0.15, 0.2) is 206 Å². The van der Waals surface area contributed by atoms with Gasteiger partial charge in [-0.05, 0) is 115 Å². The Hall–Kier alpha value is -7.42. The molecular formula is C57H40N2. The first-order chi connectivity index (χ1) is 29.1. The van der Waals surface area contributed by atoms with Crippen molar-refractivity contribution in [3.63, 3.8) is 0 Å². The first kappa shape index (κ1) is 33.7. The average molecular weight is 753 g/mol. The largest absolute Gasteiger partial charge is 0.309 e. The fraction of sp³-hybridized carbons (Fsp3) is 0.0526. The quantitative estimate of drug-likeness (QED) is 0.170. The minimum Gasteiger partial charge on any atom is -0.309 e. The molecular weight excluding hydrogens is 713 g/mol. The summed E-state index contributed by atoms with van der Waals surface area (Å²) in [5, 5.41) is 9.90. The van der Waals surface area contributed by atoms with Crippen LogP contribution in [0.2, 0.25) is 0 Å². The molecule has 0 unspecified atom stereocenters. The summed E-state index contributed by atoms with van der Waals surface area (Å²) >= 11 is 0. The van der Waals surface area contributed by atoms with E-state index in [1.165, 1.54) is 93.2 Å². The molecule has 0 spiro atoms. The lowest BCUT2D eigenvalue weighted by molar-refractivity contribution is 0.661. The van der Waals surface area contributed by atoms with Gasteiger partial charge in [0.1, 0.15) is 0 Å². The highest BCUT2D eigenvalue weighted by Gasteiger charge is 2.40. The molecule has 278 valence electrons. The number of benzene rings is 10. The van der Waals surface area contributed by atoms with Crippen LogP contribution in [-0.2, 0) is 5.41 Å². The third-order valence-electron chi connectivity index (χ3n) is 12.9. The minimum atomic E-state index is -0.286. The standard InChI is InChI=1S/C57H40N2/c1-57(2)48-36-40-20-7-6-19-39(40)35-47(48)45-28-15-32-53(56(45)57)59(51-31-16-30-50-55(51)46-26-12-13-29-49(46)58(50)41-22-4-3-5-23-41)52-34-33-38-18-9-11-25-43(38)54(52)44-27-14-21-37-17-8-10-24-42(37)44/h3-36H,1-2H3. The normalized spacial score (nSPS) is 13.1. The monoisotopic (exact) mass is 752 g/mol. The Labute approximate surface area is 343 Å². The zero-order chi connectivity index (χ0) is 39.2. The van der Waals surface area contributed by atoms with Gasteiger partial charge in [-0.15, -0.1) is 0 Å². The summed E-state index contributed by atoms with van der Waals surface area (Å²) in [4.78, 5) is 2.61. The lowest BCUT2D eigenvalue weighted by Crippen LogP contribution is -2.21. The smallest absolute Gasteiger partial charge is 0.0562 e. The SMILES string of the molecule is CC1(C)c2cc3ccccc3cc2-c2cccc(N(c3ccc4ccccc4c3-c3cccc4ccccc34)c3cccc4c3c3ccccc3n4-c3ccccc3)c21. The van der Waals surface area contributed by atoms with Crippen molar-refractivity contribution in [3.8, 4) is 27.9 Å². The van der Waals surface area contributed by atoms with E-state index in [4.69, 9.17) is 0 Å². The molecule has 11 aromatic rings. The lowest BCUT2D eigenvalue weighted by atomic mass is 9.80. The highest BCUT2D eigenvalue weighted by atomic mass is 15.2. The van der Waals surface area contributed by atoms with Crippen LogP contribution in [0, 0.1) is 0 Å². The van der Waals surface area contributed by atoms with Gasteiger partial charge in [-0.1, -0.05) is 166 Å². The van der Waals surface area contributed by atoms with Gasteiger partial charge in [0, 0.05) is 27.4 Å². The van der Waals surface area contributed by atoms with Gasteiger partial charge in [-0.3, -0.25) is 0 Å². The van der Waals surface area contributed by atoms with Crippen LogP contribution in [0.1, 0.15) is 25.0 Å². The number of rotatable bonds is 5. The first-order valence-corrected chi connectivity index (χ1v) is 20.6. The molecule has 12 rings (SSSR count). The van der Waals surface area contributed by atoms with E-state index in [1.807, 2.05) is 0 Å². The van der Waals surface area contributed by atoms with Crippen LogP contribution >= 0.6 is 0 Å². The molecule has 0 N–H and O–H groups in total. The van der Waals surface area contributed by atoms with E-state index in [2.05, 4.69) is 230 Å². The van der Waals surface area contributed by atoms with Crippen LogP contribution in [0.3, 0.4) is 0 Å². The number of fused-ring (bicyclic) bond motifs is 9. The summed E-state index contributed by atoms with van der Waals surface area (Å²) in [5.74, 6) is 0. The molecule has 0 saturated carbocycles. The Morgan fingerprint density at radius 3 is 1.78 bits per heavy atom. The second kappa shape index (κ2) is 12.8. The van der Waals surface area contributed by atoms with Crippen LogP contribution in [0.4, 0.5) is 17.1 Å². The van der Waals surface area contributed by atoms with Gasteiger partial charge in [0.25, 0.3) is 0 Å². The third kappa shape index (κ3) is 4.93. The highest BCUT2D eigenvalue weighted by molar-refractivity contribution is 6.19. The summed E-state index contributed by atoms with van der Waals surface area (Å²) < 4.78 is 2.43. The van der Waals surface area contributed by atoms with Gasteiger partial charge in [-0.2, -0.15) is 0 Å². The highest BCUT2D eigenvalue weighted by Crippen LogP contribution is 2.57. The molecule has 1 aliphatic rings. The van der Waals surface area contributed by atoms with Crippen molar-refractivity contribution in [2.45, 2.75) is 19.3 Å². The predicted molar refractivity (Wildman–Crippen MR) is 251 cm³/mol. The molecule has 1 heterocycles. The van der Waals surface area contributed by atoms with Gasteiger partial charge in [0.05, 0.1) is 28.1 Å². The fourth-order valence-corrected chi connectivity index (χ4v) is 10.3. The summed E-state index contributed by atoms with van der Waals surface area (Å²) in [6, 6.07) is 76.3. The van der Waals surface area contributed by atoms with Gasteiger partial charge in [0.2, 0.25) is 0 Å². The van der Waals surface area contributed by atoms with E-state index in [-0.39, 0.29) is 5.41 Å². The summed E-state index contributed by atoms with van der Waals surface area (Å²) in [5.41, 5.74) is 14.5. The van der Waals surface area contributed by atoms with Crippen LogP contribution < -0.4 is 4.90 Å². The number of hydrogen-bond acceptors (Lipinski definition) is 1. The van der Waals surface area contributed by atoms with Gasteiger partial charge in [-0.25, -0.2) is 0 Å². The van der Waals surface area contributed by atoms with Gasteiger partial charge in [0.15, 0.2) is 0 Å². The summed E-state index contributed by atoms with van der Waals surface area (Å²) in [6.45, 7) is 4.84. The van der Waals surface area contributed by atoms with Crippen molar-refractivity contribution < 1.29 is 0 Å². The average Bonchev–Trinajstić information content (AvgIpc) is 3.74. The first-order valence-electron chi connectivity index (χ1n) is 20.6. The molecule has 0 radical (unpaired) electrons. The van der Waals surface area contributed by atoms with Crippen molar-refractivity contribution in [2.75, 3.05) is 4.90 Å². The summed E-state index contributed by atoms with van der Waals surface area (Å²) in [6.07, 6.45) is 0. The predicted octanol–water partition coefficient (Wildman–Crippen LogP) is 15.7. The molecule has 2 heteroatoms. The number of nitrogens with zero attached hydrogens (tertiary/aromatic N) is 2. The maximum absolute atomic E-state index is 2.61. The molecule has 0 amide bonds. The molecule has 1 aliphatic carbocycles. The number of aromatic nitrogens is 1. The van der Waals surface area contributed by atoms with Crippen molar-refractivity contribution in [3.05, 3.63) is 217 Å². The van der Waals surface area contributed by atoms with Crippen LogP contribution in [-0.4, -0.2) is 4.57 Å². The summed E-state index contributed by atoms with van der Waals surface area (Å²) in [7, 11) is 0. The molecule has 1 aromatic heterocycles. The number of hydrogen-bond donors (Lipinski definition) is 0. The minimum absolute atomic E-state index is 0.286. The maximum atomic E-state index is 2.61. The Bertz CT molecular complexity index is 3470. The lowest BCUT2D eigenvalue weighted by Gasteiger charge is -2.34. The van der Waals surface area contributed by atoms with Gasteiger partial charge >= 0.3 is 0 Å². The topological polar surface area (TPSA) is 8.17 Å². The zero-order valence-corrected chi connectivity index (χ0v) is 33.0. The maximum Gasteiger partial charge on any atom is 0.0562 e. The van der Waals surface area contributed by atoms with Crippen molar-refractivity contribution in [1.29, 1.82) is 0 Å². The van der Waals surface area contributed by atoms with Crippen molar-refractivity contribution in [1.82, 2.24) is 4.57 Å². The van der Waals surface area contributed by atoms with E-state index in [1.54, 1.807) is 0 Å². The van der Waals surface area contributed by atoms with Gasteiger partial charge < -0.3 is 9.47 Å². The molecule has 10 aromatic carbocycles. The van der Waals surface area contributed by atoms with E-state index in [0.717, 1.165) is 17.1 Å². The molecule has 0 bridgehead atoms. The Morgan fingerprint density at radius 2 is 0.966 bits per heavy atom. The van der Waals surface area contributed by atoms with E-state index >= 15 is 0 Å². The zero-order valence-electron chi connectivity index (χ0n) is 33.0. The van der Waals surface area contributed by atoms with Crippen LogP contribution in [0.5, 0.6) is 0 Å².